The Morgan fingerprint density at radius 1 is 0.478 bits per heavy atom. The van der Waals surface area contributed by atoms with Crippen molar-refractivity contribution < 1.29 is 19.1 Å². The van der Waals surface area contributed by atoms with Crippen LogP contribution < -0.4 is 0 Å². The van der Waals surface area contributed by atoms with E-state index in [1.807, 2.05) is 0 Å². The van der Waals surface area contributed by atoms with Gasteiger partial charge in [0.15, 0.2) is 0 Å². The lowest BCUT2D eigenvalue weighted by molar-refractivity contribution is -0.154. The molecular formula is C41H79NO4. The summed E-state index contributed by atoms with van der Waals surface area (Å²) < 4.78 is 11.6. The molecule has 0 atom stereocenters. The summed E-state index contributed by atoms with van der Waals surface area (Å²) in [4.78, 5) is 27.6. The smallest absolute Gasteiger partial charge is 0.305 e. The molecule has 0 N–H and O–H groups in total. The highest BCUT2D eigenvalue weighted by atomic mass is 16.5. The number of hydrogen-bond donors (Lipinski definition) is 0. The predicted octanol–water partition coefficient (Wildman–Crippen LogP) is 12.1. The highest BCUT2D eigenvalue weighted by Crippen LogP contribution is 2.24. The molecule has 0 saturated carbocycles. The molecule has 5 nitrogen and oxygen atoms in total. The lowest BCUT2D eigenvalue weighted by Gasteiger charge is -2.32. The van der Waals surface area contributed by atoms with Gasteiger partial charge in [-0.25, -0.2) is 0 Å². The van der Waals surface area contributed by atoms with E-state index in [-0.39, 0.29) is 17.4 Å². The van der Waals surface area contributed by atoms with Crippen LogP contribution in [0.5, 0.6) is 0 Å². The van der Waals surface area contributed by atoms with Gasteiger partial charge in [-0.3, -0.25) is 9.59 Å². The van der Waals surface area contributed by atoms with Crippen LogP contribution in [0.15, 0.2) is 0 Å². The Labute approximate surface area is 287 Å². The first-order valence-electron chi connectivity index (χ1n) is 20.5. The number of likely N-dealkylation sites (tertiary alicyclic amines) is 1. The molecule has 272 valence electrons. The van der Waals surface area contributed by atoms with E-state index in [9.17, 15) is 9.59 Å². The SMILES string of the molecule is CCCCCCCCCCCCCCCC(=O)OCC(C)(COC(=O)CCCCCCCCCCCCCCC)CN1CCCC1. The first kappa shape index (κ1) is 42.9. The third kappa shape index (κ3) is 26.9. The molecule has 0 aromatic carbocycles. The van der Waals surface area contributed by atoms with Gasteiger partial charge in [0.05, 0.1) is 0 Å². The molecule has 0 amide bonds. The minimum atomic E-state index is -0.359. The van der Waals surface area contributed by atoms with E-state index in [0.29, 0.717) is 26.1 Å². The highest BCUT2D eigenvalue weighted by Gasteiger charge is 2.32. The fraction of sp³-hybridized carbons (Fsp3) is 0.951. The van der Waals surface area contributed by atoms with Crippen molar-refractivity contribution in [2.75, 3.05) is 32.8 Å². The Bertz CT molecular complexity index is 644. The van der Waals surface area contributed by atoms with Crippen LogP contribution in [0, 0.1) is 5.41 Å². The maximum Gasteiger partial charge on any atom is 0.305 e. The molecule has 0 aliphatic carbocycles. The first-order chi connectivity index (χ1) is 22.5. The molecule has 0 spiro atoms. The summed E-state index contributed by atoms with van der Waals surface area (Å²) >= 11 is 0. The summed E-state index contributed by atoms with van der Waals surface area (Å²) in [5.41, 5.74) is -0.359. The Balaban J connectivity index is 2.13. The summed E-state index contributed by atoms with van der Waals surface area (Å²) in [6.07, 6.45) is 37.2. The maximum absolute atomic E-state index is 12.6. The number of rotatable bonds is 34. The lowest BCUT2D eigenvalue weighted by Crippen LogP contribution is -2.42. The Morgan fingerprint density at radius 2 is 0.761 bits per heavy atom. The summed E-state index contributed by atoms with van der Waals surface area (Å²) in [6.45, 7) is 10.3. The van der Waals surface area contributed by atoms with Crippen LogP contribution >= 0.6 is 0 Å². The van der Waals surface area contributed by atoms with Gasteiger partial charge in [0.1, 0.15) is 13.2 Å². The number of ether oxygens (including phenoxy) is 2. The van der Waals surface area contributed by atoms with Gasteiger partial charge >= 0.3 is 11.9 Å². The van der Waals surface area contributed by atoms with Crippen molar-refractivity contribution in [1.29, 1.82) is 0 Å². The maximum atomic E-state index is 12.6. The summed E-state index contributed by atoms with van der Waals surface area (Å²) in [6, 6.07) is 0. The molecule has 5 heteroatoms. The van der Waals surface area contributed by atoms with Crippen molar-refractivity contribution in [3.05, 3.63) is 0 Å². The monoisotopic (exact) mass is 650 g/mol. The van der Waals surface area contributed by atoms with Crippen LogP contribution in [-0.4, -0.2) is 49.7 Å². The van der Waals surface area contributed by atoms with E-state index in [0.717, 1.165) is 45.3 Å². The zero-order chi connectivity index (χ0) is 33.4. The van der Waals surface area contributed by atoms with Crippen LogP contribution in [0.1, 0.15) is 213 Å². The van der Waals surface area contributed by atoms with Crippen molar-refractivity contribution >= 4 is 11.9 Å². The van der Waals surface area contributed by atoms with Gasteiger partial charge in [0.25, 0.3) is 0 Å². The molecule has 1 fully saturated rings. The molecule has 46 heavy (non-hydrogen) atoms. The van der Waals surface area contributed by atoms with Gasteiger partial charge in [-0.15, -0.1) is 0 Å². The Hall–Kier alpha value is -1.10. The van der Waals surface area contributed by atoms with Gasteiger partial charge in [-0.1, -0.05) is 175 Å². The molecule has 0 aromatic heterocycles. The van der Waals surface area contributed by atoms with Crippen molar-refractivity contribution in [2.24, 2.45) is 5.41 Å². The van der Waals surface area contributed by atoms with Crippen LogP contribution in [0.3, 0.4) is 0 Å². The van der Waals surface area contributed by atoms with Crippen molar-refractivity contribution in [1.82, 2.24) is 4.90 Å². The Kier molecular flexibility index (Phi) is 29.1. The molecule has 1 heterocycles. The number of carbonyl (C=O) groups is 2. The van der Waals surface area contributed by atoms with Crippen LogP contribution in [0.25, 0.3) is 0 Å². The van der Waals surface area contributed by atoms with E-state index >= 15 is 0 Å². The average molecular weight is 650 g/mol. The Morgan fingerprint density at radius 3 is 1.07 bits per heavy atom. The van der Waals surface area contributed by atoms with Crippen molar-refractivity contribution in [3.8, 4) is 0 Å². The molecule has 0 unspecified atom stereocenters. The van der Waals surface area contributed by atoms with E-state index in [2.05, 4.69) is 25.7 Å². The second kappa shape index (κ2) is 31.2. The minimum Gasteiger partial charge on any atom is -0.465 e. The van der Waals surface area contributed by atoms with E-state index in [1.165, 1.54) is 154 Å². The van der Waals surface area contributed by atoms with Crippen LogP contribution in [0.4, 0.5) is 0 Å². The van der Waals surface area contributed by atoms with Gasteiger partial charge in [0, 0.05) is 24.8 Å². The second-order valence-corrected chi connectivity index (χ2v) is 15.1. The van der Waals surface area contributed by atoms with Crippen LogP contribution in [0.2, 0.25) is 0 Å². The van der Waals surface area contributed by atoms with Crippen molar-refractivity contribution in [3.63, 3.8) is 0 Å². The van der Waals surface area contributed by atoms with E-state index in [4.69, 9.17) is 9.47 Å². The van der Waals surface area contributed by atoms with Gasteiger partial charge < -0.3 is 14.4 Å². The molecule has 1 aliphatic rings. The fourth-order valence-electron chi connectivity index (χ4n) is 6.84. The number of carbonyl (C=O) groups excluding carboxylic acids is 2. The third-order valence-corrected chi connectivity index (χ3v) is 9.94. The minimum absolute atomic E-state index is 0.103. The summed E-state index contributed by atoms with van der Waals surface area (Å²) in [5.74, 6) is -0.206. The molecule has 0 radical (unpaired) electrons. The zero-order valence-corrected chi connectivity index (χ0v) is 31.3. The molecule has 1 saturated heterocycles. The number of nitrogens with zero attached hydrogens (tertiary/aromatic N) is 1. The van der Waals surface area contributed by atoms with Gasteiger partial charge in [0.2, 0.25) is 0 Å². The van der Waals surface area contributed by atoms with Crippen LogP contribution in [-0.2, 0) is 19.1 Å². The largest absolute Gasteiger partial charge is 0.465 e. The highest BCUT2D eigenvalue weighted by molar-refractivity contribution is 5.69. The van der Waals surface area contributed by atoms with Gasteiger partial charge in [-0.2, -0.15) is 0 Å². The third-order valence-electron chi connectivity index (χ3n) is 9.94. The van der Waals surface area contributed by atoms with E-state index < -0.39 is 0 Å². The lowest BCUT2D eigenvalue weighted by atomic mass is 9.92. The molecule has 0 aromatic rings. The number of esters is 2. The molecular weight excluding hydrogens is 570 g/mol. The van der Waals surface area contributed by atoms with E-state index in [1.54, 1.807) is 0 Å². The van der Waals surface area contributed by atoms with Crippen molar-refractivity contribution in [2.45, 2.75) is 213 Å². The summed E-state index contributed by atoms with van der Waals surface area (Å²) in [7, 11) is 0. The topological polar surface area (TPSA) is 55.8 Å². The predicted molar refractivity (Wildman–Crippen MR) is 196 cm³/mol. The quantitative estimate of drug-likeness (QED) is 0.0513. The second-order valence-electron chi connectivity index (χ2n) is 15.1. The normalized spacial score (nSPS) is 13.8. The molecule has 0 bridgehead atoms. The van der Waals surface area contributed by atoms with Gasteiger partial charge in [-0.05, 0) is 38.8 Å². The zero-order valence-electron chi connectivity index (χ0n) is 31.3. The number of unbranched alkanes of at least 4 members (excludes halogenated alkanes) is 24. The molecule has 1 aliphatic heterocycles. The summed E-state index contributed by atoms with van der Waals surface area (Å²) in [5, 5.41) is 0. The first-order valence-corrected chi connectivity index (χ1v) is 20.5. The standard InChI is InChI=1S/C41H79NO4/c1-4-6-8-10-12-14-16-18-20-22-24-26-28-32-39(43)45-37-41(3,36-42-34-30-31-35-42)38-46-40(44)33-29-27-25-23-21-19-17-15-13-11-9-7-5-2/h4-38H2,1-3H3. The fourth-order valence-corrected chi connectivity index (χ4v) is 6.84. The molecule has 1 rings (SSSR count). The average Bonchev–Trinajstić information content (AvgIpc) is 3.56. The number of hydrogen-bond acceptors (Lipinski definition) is 5.